The molecule has 0 spiro atoms. The zero-order valence-electron chi connectivity index (χ0n) is 11.1. The number of ether oxygens (including phenoxy) is 1. The number of alkyl halides is 3. The summed E-state index contributed by atoms with van der Waals surface area (Å²) in [6.07, 6.45) is 0.618. The fourth-order valence-electron chi connectivity index (χ4n) is 2.02. The lowest BCUT2D eigenvalue weighted by atomic mass is 10.0. The Morgan fingerprint density at radius 3 is 2.77 bits per heavy atom. The van der Waals surface area contributed by atoms with Crippen molar-refractivity contribution in [2.75, 3.05) is 12.4 Å². The summed E-state index contributed by atoms with van der Waals surface area (Å²) < 4.78 is 41.4. The monoisotopic (exact) mass is 335 g/mol. The van der Waals surface area contributed by atoms with E-state index in [0.29, 0.717) is 24.3 Å². The highest BCUT2D eigenvalue weighted by Crippen LogP contribution is 2.30. The zero-order chi connectivity index (χ0) is 16.3. The van der Waals surface area contributed by atoms with Crippen molar-refractivity contribution < 1.29 is 32.6 Å². The lowest BCUT2D eigenvalue weighted by Crippen LogP contribution is -2.35. The van der Waals surface area contributed by atoms with Crippen molar-refractivity contribution in [2.45, 2.75) is 18.0 Å². The van der Waals surface area contributed by atoms with Gasteiger partial charge in [-0.05, 0) is 35.0 Å². The molecule has 1 aliphatic heterocycles. The quantitative estimate of drug-likeness (QED) is 0.862. The number of carbonyl (C=O) groups excluding carboxylic acids is 1. The molecule has 22 heavy (non-hydrogen) atoms. The van der Waals surface area contributed by atoms with Gasteiger partial charge < -0.3 is 15.2 Å². The smallest absolute Gasteiger partial charge is 0.442 e. The van der Waals surface area contributed by atoms with Crippen molar-refractivity contribution in [1.29, 1.82) is 0 Å². The Balaban J connectivity index is 2.07. The third-order valence-electron chi connectivity index (χ3n) is 2.97. The Labute approximate surface area is 127 Å². The molecular weight excluding hydrogens is 323 g/mol. The summed E-state index contributed by atoms with van der Waals surface area (Å²) in [5.41, 5.74) is -3.44. The van der Waals surface area contributed by atoms with E-state index in [1.54, 1.807) is 12.1 Å². The largest absolute Gasteiger partial charge is 0.493 e. The van der Waals surface area contributed by atoms with E-state index in [2.05, 4.69) is 5.32 Å². The Morgan fingerprint density at radius 1 is 1.41 bits per heavy atom. The maximum absolute atomic E-state index is 12.0. The highest BCUT2D eigenvalue weighted by molar-refractivity contribution is 8.00. The van der Waals surface area contributed by atoms with Crippen molar-refractivity contribution in [3.05, 3.63) is 29.3 Å². The van der Waals surface area contributed by atoms with E-state index in [0.717, 1.165) is 5.56 Å². The highest BCUT2D eigenvalue weighted by atomic mass is 32.2. The van der Waals surface area contributed by atoms with Crippen molar-refractivity contribution >= 4 is 23.6 Å². The number of hydrogen-bond acceptors (Lipinski definition) is 4. The minimum atomic E-state index is -4.54. The fourth-order valence-corrected chi connectivity index (χ4v) is 2.40. The van der Waals surface area contributed by atoms with Crippen LogP contribution in [0.4, 0.5) is 13.2 Å². The second-order valence-electron chi connectivity index (χ2n) is 4.54. The second kappa shape index (κ2) is 6.47. The van der Waals surface area contributed by atoms with Crippen LogP contribution in [0.3, 0.4) is 0 Å². The van der Waals surface area contributed by atoms with Crippen LogP contribution in [0.1, 0.15) is 17.2 Å². The van der Waals surface area contributed by atoms with Crippen LogP contribution in [0.15, 0.2) is 18.2 Å². The molecule has 2 N–H and O–H groups in total. The molecule has 0 bridgehead atoms. The third-order valence-corrected chi connectivity index (χ3v) is 3.70. The first-order valence-corrected chi connectivity index (χ1v) is 7.23. The van der Waals surface area contributed by atoms with Gasteiger partial charge in [0.1, 0.15) is 5.75 Å². The molecule has 9 heteroatoms. The SMILES string of the molecule is O=C(CSC(F)(F)F)NC(C(=O)O)c1ccc2c(c1)CCO2. The minimum absolute atomic E-state index is 0.294. The molecule has 0 aliphatic carbocycles. The van der Waals surface area contributed by atoms with Crippen LogP contribution in [0.2, 0.25) is 0 Å². The van der Waals surface area contributed by atoms with E-state index < -0.39 is 40.9 Å². The maximum Gasteiger partial charge on any atom is 0.442 e. The number of nitrogens with one attached hydrogen (secondary N) is 1. The van der Waals surface area contributed by atoms with Crippen molar-refractivity contribution in [2.24, 2.45) is 0 Å². The van der Waals surface area contributed by atoms with Crippen LogP contribution in [-0.2, 0) is 16.0 Å². The van der Waals surface area contributed by atoms with Crippen molar-refractivity contribution in [3.8, 4) is 5.75 Å². The van der Waals surface area contributed by atoms with Gasteiger partial charge in [-0.3, -0.25) is 4.79 Å². The Kier molecular flexibility index (Phi) is 4.84. The topological polar surface area (TPSA) is 75.6 Å². The summed E-state index contributed by atoms with van der Waals surface area (Å²) >= 11 is -0.514. The van der Waals surface area contributed by atoms with E-state index in [4.69, 9.17) is 4.74 Å². The number of rotatable bonds is 5. The number of carbonyl (C=O) groups is 2. The van der Waals surface area contributed by atoms with Crippen LogP contribution in [0.5, 0.6) is 5.75 Å². The average molecular weight is 335 g/mol. The van der Waals surface area contributed by atoms with Gasteiger partial charge in [0.15, 0.2) is 6.04 Å². The molecule has 2 rings (SSSR count). The van der Waals surface area contributed by atoms with Gasteiger partial charge in [-0.25, -0.2) is 4.79 Å². The molecule has 1 amide bonds. The van der Waals surface area contributed by atoms with Gasteiger partial charge in [-0.15, -0.1) is 0 Å². The average Bonchev–Trinajstić information content (AvgIpc) is 2.88. The first kappa shape index (κ1) is 16.5. The van der Waals surface area contributed by atoms with Gasteiger partial charge in [0.2, 0.25) is 5.91 Å². The van der Waals surface area contributed by atoms with E-state index in [1.165, 1.54) is 6.07 Å². The molecule has 0 fully saturated rings. The Morgan fingerprint density at radius 2 is 2.14 bits per heavy atom. The number of aliphatic carboxylic acids is 1. The molecule has 120 valence electrons. The van der Waals surface area contributed by atoms with E-state index in [1.807, 2.05) is 0 Å². The maximum atomic E-state index is 12.0. The third kappa shape index (κ3) is 4.30. The van der Waals surface area contributed by atoms with Gasteiger partial charge >= 0.3 is 11.5 Å². The molecule has 1 unspecified atom stereocenters. The zero-order valence-corrected chi connectivity index (χ0v) is 12.0. The number of carboxylic acids is 1. The predicted octanol–water partition coefficient (Wildman–Crippen LogP) is 2.12. The Bertz CT molecular complexity index is 591. The first-order valence-electron chi connectivity index (χ1n) is 6.25. The van der Waals surface area contributed by atoms with Crippen LogP contribution in [0.25, 0.3) is 0 Å². The normalized spacial score (nSPS) is 14.9. The molecule has 0 saturated carbocycles. The summed E-state index contributed by atoms with van der Waals surface area (Å²) in [6, 6.07) is 3.25. The number of fused-ring (bicyclic) bond motifs is 1. The van der Waals surface area contributed by atoms with Crippen LogP contribution < -0.4 is 10.1 Å². The van der Waals surface area contributed by atoms with Crippen LogP contribution in [-0.4, -0.2) is 34.9 Å². The van der Waals surface area contributed by atoms with Crippen LogP contribution >= 0.6 is 11.8 Å². The van der Waals surface area contributed by atoms with E-state index >= 15 is 0 Å². The summed E-state index contributed by atoms with van der Waals surface area (Å²) in [5, 5.41) is 11.3. The summed E-state index contributed by atoms with van der Waals surface area (Å²) in [5.74, 6) is -2.58. The molecule has 1 atom stereocenters. The molecule has 1 aromatic rings. The number of benzene rings is 1. The van der Waals surface area contributed by atoms with Gasteiger partial charge in [0.25, 0.3) is 0 Å². The number of hydrogen-bond donors (Lipinski definition) is 2. The lowest BCUT2D eigenvalue weighted by Gasteiger charge is -2.16. The van der Waals surface area contributed by atoms with Crippen molar-refractivity contribution in [1.82, 2.24) is 5.32 Å². The van der Waals surface area contributed by atoms with Crippen LogP contribution in [0, 0.1) is 0 Å². The molecule has 1 aromatic carbocycles. The summed E-state index contributed by atoms with van der Waals surface area (Å²) in [7, 11) is 0. The Hall–Kier alpha value is -1.90. The molecule has 5 nitrogen and oxygen atoms in total. The standard InChI is InChI=1S/C13H12F3NO4S/c14-13(15,16)22-6-10(18)17-11(12(19)20)8-1-2-9-7(5-8)3-4-21-9/h1-2,5,11H,3-4,6H2,(H,17,18)(H,19,20). The molecular formula is C13H12F3NO4S. The van der Waals surface area contributed by atoms with Gasteiger partial charge in [0, 0.05) is 6.42 Å². The lowest BCUT2D eigenvalue weighted by molar-refractivity contribution is -0.141. The fraction of sp³-hybridized carbons (Fsp3) is 0.385. The second-order valence-corrected chi connectivity index (χ2v) is 5.58. The minimum Gasteiger partial charge on any atom is -0.493 e. The van der Waals surface area contributed by atoms with Gasteiger partial charge in [-0.1, -0.05) is 6.07 Å². The number of thioether (sulfide) groups is 1. The number of halogens is 3. The molecule has 0 radical (unpaired) electrons. The van der Waals surface area contributed by atoms with Gasteiger partial charge in [-0.2, -0.15) is 13.2 Å². The molecule has 0 aromatic heterocycles. The molecule has 0 saturated heterocycles. The number of amides is 1. The molecule has 1 heterocycles. The summed E-state index contributed by atoms with van der Waals surface area (Å²) in [4.78, 5) is 22.8. The number of carboxylic acid groups (broad SMARTS) is 1. The predicted molar refractivity (Wildman–Crippen MR) is 72.7 cm³/mol. The summed E-state index contributed by atoms with van der Waals surface area (Å²) in [6.45, 7) is 0.491. The molecule has 1 aliphatic rings. The van der Waals surface area contributed by atoms with E-state index in [9.17, 15) is 27.9 Å². The van der Waals surface area contributed by atoms with Gasteiger partial charge in [0.05, 0.1) is 12.4 Å². The van der Waals surface area contributed by atoms with E-state index in [-0.39, 0.29) is 0 Å². The first-order chi connectivity index (χ1) is 10.3. The van der Waals surface area contributed by atoms with Crippen molar-refractivity contribution in [3.63, 3.8) is 0 Å². The highest BCUT2D eigenvalue weighted by Gasteiger charge is 2.31.